The monoisotopic (exact) mass is 462 g/mol. The molecule has 2 aromatic rings. The number of nitrogens with zero attached hydrogens (tertiary/aromatic N) is 2. The SMILES string of the molecule is CCCCCCN(C)c1ccc(C2C(=O)C(c3ccc(N(C)CCCCCC)cc3)C2=O)cc1. The zero-order chi connectivity index (χ0) is 24.5. The van der Waals surface area contributed by atoms with Gasteiger partial charge in [-0.15, -0.1) is 0 Å². The Balaban J connectivity index is 1.56. The van der Waals surface area contributed by atoms with Crippen LogP contribution in [0.25, 0.3) is 0 Å². The van der Waals surface area contributed by atoms with Gasteiger partial charge >= 0.3 is 0 Å². The van der Waals surface area contributed by atoms with Crippen LogP contribution in [0.2, 0.25) is 0 Å². The van der Waals surface area contributed by atoms with Crippen molar-refractivity contribution in [2.45, 2.75) is 77.0 Å². The van der Waals surface area contributed by atoms with E-state index in [1.165, 1.54) is 51.4 Å². The molecule has 1 aliphatic carbocycles. The second-order valence-corrected chi connectivity index (χ2v) is 9.82. The lowest BCUT2D eigenvalue weighted by molar-refractivity contribution is -0.142. The molecule has 4 nitrogen and oxygen atoms in total. The van der Waals surface area contributed by atoms with Gasteiger partial charge in [0, 0.05) is 38.6 Å². The van der Waals surface area contributed by atoms with Gasteiger partial charge in [-0.1, -0.05) is 76.6 Å². The van der Waals surface area contributed by atoms with Crippen molar-refractivity contribution in [2.75, 3.05) is 37.0 Å². The predicted octanol–water partition coefficient (Wildman–Crippen LogP) is 6.74. The molecule has 0 aromatic heterocycles. The van der Waals surface area contributed by atoms with Gasteiger partial charge in [-0.3, -0.25) is 9.59 Å². The predicted molar refractivity (Wildman–Crippen MR) is 143 cm³/mol. The van der Waals surface area contributed by atoms with Crippen molar-refractivity contribution >= 4 is 22.9 Å². The summed E-state index contributed by atoms with van der Waals surface area (Å²) in [5.41, 5.74) is 3.89. The number of benzene rings is 2. The van der Waals surface area contributed by atoms with E-state index in [-0.39, 0.29) is 11.6 Å². The molecule has 0 amide bonds. The lowest BCUT2D eigenvalue weighted by Gasteiger charge is -2.33. The number of rotatable bonds is 14. The number of hydrogen-bond acceptors (Lipinski definition) is 4. The van der Waals surface area contributed by atoms with Crippen LogP contribution in [0.3, 0.4) is 0 Å². The molecular formula is C30H42N2O2. The molecule has 1 aliphatic rings. The lowest BCUT2D eigenvalue weighted by Crippen LogP contribution is -2.44. The van der Waals surface area contributed by atoms with Crippen molar-refractivity contribution in [1.82, 2.24) is 0 Å². The van der Waals surface area contributed by atoms with Gasteiger partial charge in [0.15, 0.2) is 11.6 Å². The molecule has 0 radical (unpaired) electrons. The molecule has 0 saturated heterocycles. The van der Waals surface area contributed by atoms with E-state index in [9.17, 15) is 9.59 Å². The average Bonchev–Trinajstić information content (AvgIpc) is 2.85. The summed E-state index contributed by atoms with van der Waals surface area (Å²) in [5.74, 6) is -1.19. The fourth-order valence-corrected chi connectivity index (χ4v) is 4.83. The highest BCUT2D eigenvalue weighted by Gasteiger charge is 2.50. The van der Waals surface area contributed by atoms with E-state index >= 15 is 0 Å². The van der Waals surface area contributed by atoms with E-state index in [4.69, 9.17) is 0 Å². The highest BCUT2D eigenvalue weighted by Crippen LogP contribution is 2.41. The first-order valence-electron chi connectivity index (χ1n) is 13.2. The molecule has 0 aliphatic heterocycles. The number of ketones is 2. The standard InChI is InChI=1S/C30H42N2O2/c1-5-7-9-11-21-31(3)25-17-13-23(14-18-25)27-29(33)28(30(27)34)24-15-19-26(20-16-24)32(4)22-12-10-8-6-2/h13-20,27-28H,5-12,21-22H2,1-4H3. The maximum Gasteiger partial charge on any atom is 0.162 e. The van der Waals surface area contributed by atoms with Crippen molar-refractivity contribution in [1.29, 1.82) is 0 Å². The lowest BCUT2D eigenvalue weighted by atomic mass is 9.66. The first-order valence-corrected chi connectivity index (χ1v) is 13.2. The number of unbranched alkanes of at least 4 members (excludes halogenated alkanes) is 6. The van der Waals surface area contributed by atoms with Crippen LogP contribution in [-0.2, 0) is 9.59 Å². The molecule has 3 rings (SSSR count). The number of carbonyl (C=O) groups is 2. The van der Waals surface area contributed by atoms with Gasteiger partial charge in [0.05, 0.1) is 0 Å². The summed E-state index contributed by atoms with van der Waals surface area (Å²) in [6, 6.07) is 15.9. The molecule has 2 aromatic carbocycles. The Hall–Kier alpha value is -2.62. The van der Waals surface area contributed by atoms with Crippen LogP contribution in [0.4, 0.5) is 11.4 Å². The van der Waals surface area contributed by atoms with E-state index in [0.29, 0.717) is 0 Å². The topological polar surface area (TPSA) is 40.6 Å². The molecule has 1 fully saturated rings. The molecule has 0 atom stereocenters. The number of anilines is 2. The molecule has 0 heterocycles. The Morgan fingerprint density at radius 1 is 0.559 bits per heavy atom. The van der Waals surface area contributed by atoms with E-state index < -0.39 is 11.8 Å². The summed E-state index contributed by atoms with van der Waals surface area (Å²) in [7, 11) is 4.20. The molecule has 184 valence electrons. The number of Topliss-reactive ketones (excluding diaryl/α,β-unsaturated/α-hetero) is 2. The van der Waals surface area contributed by atoms with Gasteiger partial charge in [-0.05, 0) is 48.2 Å². The number of hydrogen-bond donors (Lipinski definition) is 0. The van der Waals surface area contributed by atoms with E-state index in [1.807, 2.05) is 48.5 Å². The largest absolute Gasteiger partial charge is 0.375 e. The normalized spacial score (nSPS) is 17.5. The second kappa shape index (κ2) is 12.7. The quantitative estimate of drug-likeness (QED) is 0.230. The Kier molecular flexibility index (Phi) is 9.74. The fourth-order valence-electron chi connectivity index (χ4n) is 4.83. The highest BCUT2D eigenvalue weighted by molar-refractivity contribution is 6.31. The summed E-state index contributed by atoms with van der Waals surface area (Å²) >= 11 is 0. The zero-order valence-electron chi connectivity index (χ0n) is 21.6. The Bertz CT molecular complexity index is 830. The van der Waals surface area contributed by atoms with Crippen LogP contribution in [0.15, 0.2) is 48.5 Å². The van der Waals surface area contributed by atoms with Gasteiger partial charge < -0.3 is 9.80 Å². The third-order valence-corrected chi connectivity index (χ3v) is 7.17. The first-order chi connectivity index (χ1) is 16.5. The minimum absolute atomic E-state index is 0.0198. The molecule has 0 spiro atoms. The van der Waals surface area contributed by atoms with Crippen molar-refractivity contribution in [3.8, 4) is 0 Å². The van der Waals surface area contributed by atoms with Crippen LogP contribution in [0.1, 0.15) is 88.2 Å². The Morgan fingerprint density at radius 2 is 0.912 bits per heavy atom. The number of carbonyl (C=O) groups excluding carboxylic acids is 2. The average molecular weight is 463 g/mol. The Morgan fingerprint density at radius 3 is 1.24 bits per heavy atom. The summed E-state index contributed by atoms with van der Waals surface area (Å²) in [6.07, 6.45) is 9.90. The van der Waals surface area contributed by atoms with Gasteiger partial charge in [0.1, 0.15) is 11.8 Å². The molecule has 0 N–H and O–H groups in total. The molecule has 34 heavy (non-hydrogen) atoms. The summed E-state index contributed by atoms with van der Waals surface area (Å²) in [4.78, 5) is 30.4. The third-order valence-electron chi connectivity index (χ3n) is 7.17. The van der Waals surface area contributed by atoms with Crippen LogP contribution in [-0.4, -0.2) is 38.8 Å². The molecule has 0 bridgehead atoms. The highest BCUT2D eigenvalue weighted by atomic mass is 16.2. The smallest absolute Gasteiger partial charge is 0.162 e. The fraction of sp³-hybridized carbons (Fsp3) is 0.533. The molecular weight excluding hydrogens is 420 g/mol. The van der Waals surface area contributed by atoms with Crippen LogP contribution in [0.5, 0.6) is 0 Å². The minimum Gasteiger partial charge on any atom is -0.375 e. The van der Waals surface area contributed by atoms with Gasteiger partial charge in [0.25, 0.3) is 0 Å². The molecule has 4 heteroatoms. The maximum atomic E-state index is 13.0. The zero-order valence-corrected chi connectivity index (χ0v) is 21.6. The van der Waals surface area contributed by atoms with Crippen LogP contribution in [0, 0.1) is 0 Å². The van der Waals surface area contributed by atoms with E-state index in [0.717, 1.165) is 35.6 Å². The van der Waals surface area contributed by atoms with Crippen LogP contribution < -0.4 is 9.80 Å². The molecule has 1 saturated carbocycles. The van der Waals surface area contributed by atoms with Gasteiger partial charge in [-0.25, -0.2) is 0 Å². The second-order valence-electron chi connectivity index (χ2n) is 9.82. The van der Waals surface area contributed by atoms with Crippen molar-refractivity contribution in [3.05, 3.63) is 59.7 Å². The van der Waals surface area contributed by atoms with Crippen LogP contribution >= 0.6 is 0 Å². The van der Waals surface area contributed by atoms with Gasteiger partial charge in [-0.2, -0.15) is 0 Å². The summed E-state index contributed by atoms with van der Waals surface area (Å²) < 4.78 is 0. The van der Waals surface area contributed by atoms with Crippen molar-refractivity contribution in [2.24, 2.45) is 0 Å². The first kappa shape index (κ1) is 26.0. The van der Waals surface area contributed by atoms with Crippen molar-refractivity contribution in [3.63, 3.8) is 0 Å². The third kappa shape index (κ3) is 6.28. The maximum absolute atomic E-state index is 13.0. The summed E-state index contributed by atoms with van der Waals surface area (Å²) in [5, 5.41) is 0. The van der Waals surface area contributed by atoms with E-state index in [1.54, 1.807) is 0 Å². The van der Waals surface area contributed by atoms with Gasteiger partial charge in [0.2, 0.25) is 0 Å². The summed E-state index contributed by atoms with van der Waals surface area (Å²) in [6.45, 7) is 6.49. The minimum atomic E-state index is -0.616. The Labute approximate surface area is 206 Å². The molecule has 0 unspecified atom stereocenters. The van der Waals surface area contributed by atoms with E-state index in [2.05, 4.69) is 37.7 Å². The van der Waals surface area contributed by atoms with Crippen molar-refractivity contribution < 1.29 is 9.59 Å².